The molecule has 1 aliphatic carbocycles. The Morgan fingerprint density at radius 2 is 2.26 bits per heavy atom. The average molecular weight is 325 g/mol. The molecule has 104 valence electrons. The molecule has 0 radical (unpaired) electrons. The molecule has 0 aliphatic heterocycles. The van der Waals surface area contributed by atoms with Gasteiger partial charge in [-0.3, -0.25) is 4.79 Å². The number of benzene rings is 1. The van der Waals surface area contributed by atoms with E-state index in [-0.39, 0.29) is 5.91 Å². The van der Waals surface area contributed by atoms with E-state index in [0.717, 1.165) is 35.0 Å². The van der Waals surface area contributed by atoms with Crippen molar-refractivity contribution < 1.29 is 4.79 Å². The van der Waals surface area contributed by atoms with Crippen LogP contribution in [0.5, 0.6) is 0 Å². The minimum absolute atomic E-state index is 0.0553. The molecule has 4 heteroatoms. The molecule has 0 aromatic heterocycles. The molecule has 3 N–H and O–H groups in total. The summed E-state index contributed by atoms with van der Waals surface area (Å²) in [5.74, 6) is 0.466. The number of carbonyl (C=O) groups is 1. The second-order valence-corrected chi connectivity index (χ2v) is 6.58. The van der Waals surface area contributed by atoms with Crippen LogP contribution in [-0.4, -0.2) is 11.4 Å². The van der Waals surface area contributed by atoms with Crippen molar-refractivity contribution in [2.24, 2.45) is 11.7 Å². The topological polar surface area (TPSA) is 55.1 Å². The molecular weight excluding hydrogens is 304 g/mol. The highest BCUT2D eigenvalue weighted by atomic mass is 79.9. The Labute approximate surface area is 123 Å². The summed E-state index contributed by atoms with van der Waals surface area (Å²) in [4.78, 5) is 12.4. The molecule has 1 amide bonds. The lowest BCUT2D eigenvalue weighted by molar-refractivity contribution is -0.122. The zero-order valence-corrected chi connectivity index (χ0v) is 13.1. The molecule has 1 aliphatic rings. The van der Waals surface area contributed by atoms with Gasteiger partial charge in [0.15, 0.2) is 0 Å². The van der Waals surface area contributed by atoms with E-state index in [0.29, 0.717) is 5.92 Å². The number of rotatable bonds is 2. The predicted molar refractivity (Wildman–Crippen MR) is 82.1 cm³/mol. The van der Waals surface area contributed by atoms with Crippen LogP contribution in [-0.2, 0) is 4.79 Å². The average Bonchev–Trinajstić information content (AvgIpc) is 2.34. The summed E-state index contributed by atoms with van der Waals surface area (Å²) in [6.45, 7) is 4.14. The zero-order valence-electron chi connectivity index (χ0n) is 11.5. The summed E-state index contributed by atoms with van der Waals surface area (Å²) in [6.07, 6.45) is 3.74. The van der Waals surface area contributed by atoms with Crippen molar-refractivity contribution in [2.45, 2.75) is 45.1 Å². The van der Waals surface area contributed by atoms with Gasteiger partial charge < -0.3 is 11.1 Å². The lowest BCUT2D eigenvalue weighted by atomic mass is 9.76. The van der Waals surface area contributed by atoms with E-state index in [2.05, 4.69) is 28.2 Å². The molecule has 1 aromatic carbocycles. The minimum atomic E-state index is -0.716. The molecule has 0 spiro atoms. The SMILES string of the molecule is Cc1c(Br)cccc1NC(=O)C1(N)CCCC(C)C1. The summed E-state index contributed by atoms with van der Waals surface area (Å²) >= 11 is 3.47. The minimum Gasteiger partial charge on any atom is -0.324 e. The fourth-order valence-corrected chi connectivity index (χ4v) is 3.15. The first-order valence-corrected chi connectivity index (χ1v) is 7.57. The summed E-state index contributed by atoms with van der Waals surface area (Å²) in [5.41, 5.74) is 7.46. The third kappa shape index (κ3) is 3.18. The summed E-state index contributed by atoms with van der Waals surface area (Å²) < 4.78 is 0.994. The smallest absolute Gasteiger partial charge is 0.244 e. The first-order chi connectivity index (χ1) is 8.92. The first-order valence-electron chi connectivity index (χ1n) is 6.78. The van der Waals surface area contributed by atoms with E-state index >= 15 is 0 Å². The summed E-state index contributed by atoms with van der Waals surface area (Å²) in [6, 6.07) is 5.79. The second kappa shape index (κ2) is 5.63. The van der Waals surface area contributed by atoms with Gasteiger partial charge in [-0.15, -0.1) is 0 Å². The zero-order chi connectivity index (χ0) is 14.0. The third-order valence-electron chi connectivity index (χ3n) is 4.00. The van der Waals surface area contributed by atoms with Gasteiger partial charge in [-0.2, -0.15) is 0 Å². The normalized spacial score (nSPS) is 27.1. The van der Waals surface area contributed by atoms with Crippen LogP contribution >= 0.6 is 15.9 Å². The number of hydrogen-bond acceptors (Lipinski definition) is 2. The Balaban J connectivity index is 2.14. The van der Waals surface area contributed by atoms with Crippen LogP contribution in [0.4, 0.5) is 5.69 Å². The van der Waals surface area contributed by atoms with Crippen LogP contribution in [0.1, 0.15) is 38.2 Å². The van der Waals surface area contributed by atoms with Gasteiger partial charge >= 0.3 is 0 Å². The van der Waals surface area contributed by atoms with E-state index < -0.39 is 5.54 Å². The van der Waals surface area contributed by atoms with Crippen molar-refractivity contribution in [2.75, 3.05) is 5.32 Å². The standard InChI is InChI=1S/C15H21BrN2O/c1-10-5-4-8-15(17,9-10)14(19)18-13-7-3-6-12(16)11(13)2/h3,6-7,10H,4-5,8-9,17H2,1-2H3,(H,18,19). The largest absolute Gasteiger partial charge is 0.324 e. The van der Waals surface area contributed by atoms with Crippen LogP contribution < -0.4 is 11.1 Å². The van der Waals surface area contributed by atoms with Gasteiger partial charge in [-0.1, -0.05) is 41.8 Å². The Morgan fingerprint density at radius 1 is 1.53 bits per heavy atom. The highest BCUT2D eigenvalue weighted by Crippen LogP contribution is 2.32. The predicted octanol–water partition coefficient (Wildman–Crippen LogP) is 3.60. The van der Waals surface area contributed by atoms with E-state index in [1.165, 1.54) is 6.42 Å². The number of carbonyl (C=O) groups excluding carboxylic acids is 1. The summed E-state index contributed by atoms with van der Waals surface area (Å²) in [7, 11) is 0. The molecule has 2 unspecified atom stereocenters. The fourth-order valence-electron chi connectivity index (χ4n) is 2.79. The lowest BCUT2D eigenvalue weighted by Gasteiger charge is -2.35. The molecule has 1 saturated carbocycles. The van der Waals surface area contributed by atoms with Gasteiger partial charge in [0.2, 0.25) is 5.91 Å². The van der Waals surface area contributed by atoms with E-state index in [1.54, 1.807) is 0 Å². The number of anilines is 1. The molecular formula is C15H21BrN2O. The second-order valence-electron chi connectivity index (χ2n) is 5.72. The van der Waals surface area contributed by atoms with Crippen LogP contribution in [0.15, 0.2) is 22.7 Å². The highest BCUT2D eigenvalue weighted by Gasteiger charge is 2.38. The maximum Gasteiger partial charge on any atom is 0.244 e. The third-order valence-corrected chi connectivity index (χ3v) is 4.86. The number of amides is 1. The van der Waals surface area contributed by atoms with Gasteiger partial charge in [-0.05, 0) is 43.4 Å². The monoisotopic (exact) mass is 324 g/mol. The highest BCUT2D eigenvalue weighted by molar-refractivity contribution is 9.10. The van der Waals surface area contributed by atoms with Crippen molar-refractivity contribution >= 4 is 27.5 Å². The Bertz CT molecular complexity index is 489. The molecule has 1 fully saturated rings. The van der Waals surface area contributed by atoms with Gasteiger partial charge in [0.25, 0.3) is 0 Å². The van der Waals surface area contributed by atoms with Crippen molar-refractivity contribution in [3.63, 3.8) is 0 Å². The number of nitrogens with two attached hydrogens (primary N) is 1. The van der Waals surface area contributed by atoms with E-state index in [4.69, 9.17) is 5.73 Å². The van der Waals surface area contributed by atoms with Gasteiger partial charge in [0.05, 0.1) is 5.54 Å². The number of hydrogen-bond donors (Lipinski definition) is 2. The molecule has 2 atom stereocenters. The fraction of sp³-hybridized carbons (Fsp3) is 0.533. The number of halogens is 1. The number of nitrogens with one attached hydrogen (secondary N) is 1. The molecule has 2 rings (SSSR count). The van der Waals surface area contributed by atoms with Crippen LogP contribution in [0.25, 0.3) is 0 Å². The maximum atomic E-state index is 12.4. The van der Waals surface area contributed by atoms with Crippen molar-refractivity contribution in [3.05, 3.63) is 28.2 Å². The van der Waals surface area contributed by atoms with E-state index in [9.17, 15) is 4.79 Å². The molecule has 0 heterocycles. The maximum absolute atomic E-state index is 12.4. The molecule has 1 aromatic rings. The summed E-state index contributed by atoms with van der Waals surface area (Å²) in [5, 5.41) is 2.99. The quantitative estimate of drug-likeness (QED) is 0.873. The Hall–Kier alpha value is -0.870. The van der Waals surface area contributed by atoms with E-state index in [1.807, 2.05) is 25.1 Å². The molecule has 0 bridgehead atoms. The van der Waals surface area contributed by atoms with Crippen molar-refractivity contribution in [1.29, 1.82) is 0 Å². The molecule has 19 heavy (non-hydrogen) atoms. The lowest BCUT2D eigenvalue weighted by Crippen LogP contribution is -2.53. The van der Waals surface area contributed by atoms with Crippen molar-refractivity contribution in [1.82, 2.24) is 0 Å². The van der Waals surface area contributed by atoms with Crippen LogP contribution in [0.2, 0.25) is 0 Å². The molecule has 0 saturated heterocycles. The Morgan fingerprint density at radius 3 is 2.95 bits per heavy atom. The van der Waals surface area contributed by atoms with Crippen molar-refractivity contribution in [3.8, 4) is 0 Å². The molecule has 3 nitrogen and oxygen atoms in total. The Kier molecular flexibility index (Phi) is 4.31. The first kappa shape index (κ1) is 14.5. The van der Waals surface area contributed by atoms with Crippen LogP contribution in [0.3, 0.4) is 0 Å². The van der Waals surface area contributed by atoms with Gasteiger partial charge in [-0.25, -0.2) is 0 Å². The van der Waals surface area contributed by atoms with Gasteiger partial charge in [0, 0.05) is 10.2 Å². The van der Waals surface area contributed by atoms with Crippen LogP contribution in [0, 0.1) is 12.8 Å². The van der Waals surface area contributed by atoms with Gasteiger partial charge in [0.1, 0.15) is 0 Å².